The molecule has 0 atom stereocenters. The molecular weight excluding hydrogens is 397 g/mol. The third-order valence-electron chi connectivity index (χ3n) is 5.79. The Hall–Kier alpha value is -2.94. The number of aliphatic hydroxyl groups excluding tert-OH is 1. The number of hydrogen-bond acceptors (Lipinski definition) is 4. The van der Waals surface area contributed by atoms with Crippen LogP contribution in [-0.4, -0.2) is 50.2 Å². The maximum absolute atomic E-state index is 13.3. The molecule has 30 heavy (non-hydrogen) atoms. The quantitative estimate of drug-likeness (QED) is 0.707. The lowest BCUT2D eigenvalue weighted by molar-refractivity contribution is -0.138. The summed E-state index contributed by atoms with van der Waals surface area (Å²) >= 11 is 0. The number of halogens is 3. The molecule has 1 fully saturated rings. The lowest BCUT2D eigenvalue weighted by Crippen LogP contribution is -2.46. The van der Waals surface area contributed by atoms with Crippen molar-refractivity contribution in [3.8, 4) is 0 Å². The second-order valence-electron chi connectivity index (χ2n) is 7.73. The maximum atomic E-state index is 13.3. The van der Waals surface area contributed by atoms with Crippen LogP contribution in [0.2, 0.25) is 0 Å². The SMILES string of the molecule is O=C(c1cc2ncccn2n1)N1CCC(CO)(Cc2ccccc2C(F)(F)F)CC1. The highest BCUT2D eigenvalue weighted by atomic mass is 19.4. The fourth-order valence-corrected chi connectivity index (χ4v) is 4.03. The standard InChI is InChI=1S/C21H21F3N4O2/c22-21(23,24)16-5-2-1-4-15(16)13-20(14-29)6-10-27(11-7-20)19(30)17-12-18-25-8-3-9-28(18)26-17/h1-5,8-9,12,29H,6-7,10-11,13-14H2. The molecule has 1 aromatic carbocycles. The molecule has 0 aliphatic carbocycles. The summed E-state index contributed by atoms with van der Waals surface area (Å²) in [5.74, 6) is -0.247. The Bertz CT molecular complexity index is 1020. The smallest absolute Gasteiger partial charge is 0.396 e. The van der Waals surface area contributed by atoms with Crippen molar-refractivity contribution in [3.63, 3.8) is 0 Å². The van der Waals surface area contributed by atoms with E-state index >= 15 is 0 Å². The second-order valence-corrected chi connectivity index (χ2v) is 7.73. The highest BCUT2D eigenvalue weighted by molar-refractivity contribution is 5.93. The summed E-state index contributed by atoms with van der Waals surface area (Å²) < 4.78 is 41.6. The van der Waals surface area contributed by atoms with Crippen LogP contribution in [0.1, 0.15) is 34.5 Å². The molecule has 0 unspecified atom stereocenters. The van der Waals surface area contributed by atoms with Crippen LogP contribution in [0.4, 0.5) is 13.2 Å². The average molecular weight is 418 g/mol. The first-order chi connectivity index (χ1) is 14.3. The number of carbonyl (C=O) groups excluding carboxylic acids is 1. The van der Waals surface area contributed by atoms with Gasteiger partial charge in [-0.3, -0.25) is 4.79 Å². The fraction of sp³-hybridized carbons (Fsp3) is 0.381. The summed E-state index contributed by atoms with van der Waals surface area (Å²) in [7, 11) is 0. The Morgan fingerprint density at radius 1 is 1.17 bits per heavy atom. The number of carbonyl (C=O) groups is 1. The molecule has 0 saturated carbocycles. The van der Waals surface area contributed by atoms with Gasteiger partial charge in [-0.15, -0.1) is 0 Å². The molecule has 4 rings (SSSR count). The van der Waals surface area contributed by atoms with Gasteiger partial charge in [0, 0.05) is 43.6 Å². The predicted octanol–water partition coefficient (Wildman–Crippen LogP) is 3.21. The number of hydrogen-bond donors (Lipinski definition) is 1. The Morgan fingerprint density at radius 2 is 1.90 bits per heavy atom. The van der Waals surface area contributed by atoms with Crippen LogP contribution < -0.4 is 0 Å². The van der Waals surface area contributed by atoms with Crippen LogP contribution in [0.3, 0.4) is 0 Å². The number of rotatable bonds is 4. The third-order valence-corrected chi connectivity index (χ3v) is 5.79. The Kier molecular flexibility index (Phi) is 5.23. The van der Waals surface area contributed by atoms with E-state index in [1.165, 1.54) is 16.6 Å². The van der Waals surface area contributed by atoms with E-state index in [1.54, 1.807) is 35.5 Å². The highest BCUT2D eigenvalue weighted by Crippen LogP contribution is 2.39. The van der Waals surface area contributed by atoms with Gasteiger partial charge in [-0.1, -0.05) is 18.2 Å². The Labute approximate surface area is 171 Å². The molecule has 0 radical (unpaired) electrons. The molecule has 158 valence electrons. The molecule has 0 spiro atoms. The lowest BCUT2D eigenvalue weighted by atomic mass is 9.73. The molecule has 1 aliphatic rings. The van der Waals surface area contributed by atoms with Crippen molar-refractivity contribution in [2.75, 3.05) is 19.7 Å². The summed E-state index contributed by atoms with van der Waals surface area (Å²) in [6.07, 6.45) is -0.203. The van der Waals surface area contributed by atoms with E-state index in [0.29, 0.717) is 31.6 Å². The average Bonchev–Trinajstić information content (AvgIpc) is 3.18. The maximum Gasteiger partial charge on any atom is 0.416 e. The summed E-state index contributed by atoms with van der Waals surface area (Å²) in [6.45, 7) is 0.448. The summed E-state index contributed by atoms with van der Waals surface area (Å²) in [4.78, 5) is 18.6. The normalized spacial score (nSPS) is 16.7. The van der Waals surface area contributed by atoms with Gasteiger partial charge >= 0.3 is 6.18 Å². The van der Waals surface area contributed by atoms with Gasteiger partial charge in [0.1, 0.15) is 0 Å². The zero-order valence-electron chi connectivity index (χ0n) is 16.1. The van der Waals surface area contributed by atoms with Gasteiger partial charge in [-0.25, -0.2) is 9.50 Å². The lowest BCUT2D eigenvalue weighted by Gasteiger charge is -2.41. The van der Waals surface area contributed by atoms with Crippen LogP contribution >= 0.6 is 0 Å². The predicted molar refractivity (Wildman–Crippen MR) is 103 cm³/mol. The van der Waals surface area contributed by atoms with Gasteiger partial charge < -0.3 is 10.0 Å². The fourth-order valence-electron chi connectivity index (χ4n) is 4.03. The monoisotopic (exact) mass is 418 g/mol. The molecule has 6 nitrogen and oxygen atoms in total. The molecule has 3 heterocycles. The van der Waals surface area contributed by atoms with E-state index in [-0.39, 0.29) is 30.2 Å². The molecule has 2 aromatic heterocycles. The summed E-state index contributed by atoms with van der Waals surface area (Å²) in [6, 6.07) is 8.78. The number of fused-ring (bicyclic) bond motifs is 1. The van der Waals surface area contributed by atoms with Gasteiger partial charge in [0.25, 0.3) is 5.91 Å². The molecule has 1 saturated heterocycles. The van der Waals surface area contributed by atoms with Crippen molar-refractivity contribution in [2.45, 2.75) is 25.4 Å². The van der Waals surface area contributed by atoms with E-state index in [2.05, 4.69) is 10.1 Å². The first-order valence-corrected chi connectivity index (χ1v) is 9.67. The van der Waals surface area contributed by atoms with Crippen LogP contribution in [0, 0.1) is 5.41 Å². The molecule has 1 aliphatic heterocycles. The largest absolute Gasteiger partial charge is 0.416 e. The van der Waals surface area contributed by atoms with Crippen molar-refractivity contribution >= 4 is 11.6 Å². The second kappa shape index (κ2) is 7.71. The summed E-state index contributed by atoms with van der Waals surface area (Å²) in [5.41, 5.74) is -0.365. The van der Waals surface area contributed by atoms with Gasteiger partial charge in [0.2, 0.25) is 0 Å². The van der Waals surface area contributed by atoms with E-state index in [0.717, 1.165) is 6.07 Å². The van der Waals surface area contributed by atoms with Crippen molar-refractivity contribution in [2.24, 2.45) is 5.41 Å². The first kappa shape index (κ1) is 20.3. The third kappa shape index (κ3) is 3.89. The van der Waals surface area contributed by atoms with Crippen molar-refractivity contribution < 1.29 is 23.1 Å². The van der Waals surface area contributed by atoms with Crippen molar-refractivity contribution in [1.82, 2.24) is 19.5 Å². The number of aliphatic hydroxyl groups is 1. The van der Waals surface area contributed by atoms with Crippen LogP contribution in [0.25, 0.3) is 5.65 Å². The topological polar surface area (TPSA) is 70.7 Å². The van der Waals surface area contributed by atoms with Gasteiger partial charge in [0.15, 0.2) is 11.3 Å². The molecule has 1 amide bonds. The number of nitrogens with zero attached hydrogens (tertiary/aromatic N) is 4. The van der Waals surface area contributed by atoms with E-state index in [9.17, 15) is 23.1 Å². The van der Waals surface area contributed by atoms with Gasteiger partial charge in [-0.2, -0.15) is 18.3 Å². The molecule has 9 heteroatoms. The van der Waals surface area contributed by atoms with Crippen LogP contribution in [0.15, 0.2) is 48.8 Å². The molecular formula is C21H21F3N4O2. The summed E-state index contributed by atoms with van der Waals surface area (Å²) in [5, 5.41) is 14.3. The van der Waals surface area contributed by atoms with Crippen molar-refractivity contribution in [3.05, 3.63) is 65.6 Å². The molecule has 0 bridgehead atoms. The number of amides is 1. The minimum absolute atomic E-state index is 0.111. The van der Waals surface area contributed by atoms with Gasteiger partial charge in [-0.05, 0) is 37.0 Å². The minimum Gasteiger partial charge on any atom is -0.396 e. The number of piperidine rings is 1. The Morgan fingerprint density at radius 3 is 2.57 bits per heavy atom. The molecule has 1 N–H and O–H groups in total. The zero-order chi connectivity index (χ0) is 21.4. The molecule has 3 aromatic rings. The highest BCUT2D eigenvalue weighted by Gasteiger charge is 2.39. The van der Waals surface area contributed by atoms with Gasteiger partial charge in [0.05, 0.1) is 5.56 Å². The zero-order valence-corrected chi connectivity index (χ0v) is 16.1. The van der Waals surface area contributed by atoms with Crippen molar-refractivity contribution in [1.29, 1.82) is 0 Å². The number of likely N-dealkylation sites (tertiary alicyclic amines) is 1. The first-order valence-electron chi connectivity index (χ1n) is 9.67. The Balaban J connectivity index is 1.49. The van der Waals surface area contributed by atoms with E-state index in [1.807, 2.05) is 0 Å². The van der Waals surface area contributed by atoms with Crippen LogP contribution in [0.5, 0.6) is 0 Å². The van der Waals surface area contributed by atoms with E-state index < -0.39 is 17.2 Å². The van der Waals surface area contributed by atoms with E-state index in [4.69, 9.17) is 0 Å². The minimum atomic E-state index is -4.44. The number of aromatic nitrogens is 3. The van der Waals surface area contributed by atoms with Crippen LogP contribution in [-0.2, 0) is 12.6 Å². The number of benzene rings is 1. The number of alkyl halides is 3.